The van der Waals surface area contributed by atoms with E-state index in [2.05, 4.69) is 28.4 Å². The van der Waals surface area contributed by atoms with Crippen molar-refractivity contribution in [3.8, 4) is 0 Å². The van der Waals surface area contributed by atoms with Crippen molar-refractivity contribution < 1.29 is 0 Å². The fraction of sp³-hybridized carbons (Fsp3) is 0.750. The third-order valence-electron chi connectivity index (χ3n) is 3.56. The Morgan fingerprint density at radius 1 is 1.59 bits per heavy atom. The van der Waals surface area contributed by atoms with Gasteiger partial charge >= 0.3 is 0 Å². The van der Waals surface area contributed by atoms with Gasteiger partial charge in [0.2, 0.25) is 0 Å². The number of aromatic nitrogens is 1. The highest BCUT2D eigenvalue weighted by Gasteiger charge is 2.24. The molecule has 96 valence electrons. The number of hydrogen-bond acceptors (Lipinski definition) is 5. The molecular weight excluding hydrogens is 232 g/mol. The van der Waals surface area contributed by atoms with Crippen LogP contribution in [0, 0.1) is 12.8 Å². The first-order valence-corrected chi connectivity index (χ1v) is 7.05. The summed E-state index contributed by atoms with van der Waals surface area (Å²) in [4.78, 5) is 2.54. The quantitative estimate of drug-likeness (QED) is 0.864. The Labute approximate surface area is 107 Å². The molecule has 3 N–H and O–H groups in total. The van der Waals surface area contributed by atoms with E-state index in [1.807, 2.05) is 6.92 Å². The first-order valence-electron chi connectivity index (χ1n) is 6.27. The van der Waals surface area contributed by atoms with E-state index >= 15 is 0 Å². The van der Waals surface area contributed by atoms with Crippen LogP contribution in [0.5, 0.6) is 0 Å². The molecule has 1 aromatic heterocycles. The van der Waals surface area contributed by atoms with Gasteiger partial charge < -0.3 is 16.0 Å². The highest BCUT2D eigenvalue weighted by Crippen LogP contribution is 2.26. The van der Waals surface area contributed by atoms with Gasteiger partial charge in [0.25, 0.3) is 0 Å². The molecule has 2 heterocycles. The predicted octanol–water partition coefficient (Wildman–Crippen LogP) is 2.18. The zero-order valence-electron chi connectivity index (χ0n) is 10.9. The number of nitrogens with zero attached hydrogens (tertiary/aromatic N) is 2. The monoisotopic (exact) mass is 254 g/mol. The van der Waals surface area contributed by atoms with E-state index in [0.29, 0.717) is 11.9 Å². The van der Waals surface area contributed by atoms with Crippen LogP contribution in [0.15, 0.2) is 0 Å². The van der Waals surface area contributed by atoms with Gasteiger partial charge in [0.05, 0.1) is 0 Å². The normalized spacial score (nSPS) is 21.3. The lowest BCUT2D eigenvalue weighted by atomic mass is 10.1. The molecule has 0 bridgehead atoms. The minimum Gasteiger partial charge on any atom is -0.383 e. The first-order chi connectivity index (χ1) is 8.08. The van der Waals surface area contributed by atoms with Crippen LogP contribution in [0.2, 0.25) is 0 Å². The molecule has 1 fully saturated rings. The zero-order chi connectivity index (χ0) is 12.4. The van der Waals surface area contributed by atoms with Gasteiger partial charge in [-0.25, -0.2) is 0 Å². The van der Waals surface area contributed by atoms with Gasteiger partial charge in [-0.2, -0.15) is 4.37 Å². The van der Waals surface area contributed by atoms with Crippen molar-refractivity contribution in [1.82, 2.24) is 9.27 Å². The van der Waals surface area contributed by atoms with Crippen LogP contribution >= 0.6 is 11.5 Å². The highest BCUT2D eigenvalue weighted by atomic mass is 32.1. The molecule has 1 saturated heterocycles. The average molecular weight is 254 g/mol. The number of rotatable bonds is 4. The fourth-order valence-corrected chi connectivity index (χ4v) is 2.96. The maximum Gasteiger partial charge on any atom is 0.142 e. The smallest absolute Gasteiger partial charge is 0.142 e. The van der Waals surface area contributed by atoms with Crippen LogP contribution in [0.25, 0.3) is 0 Å². The van der Waals surface area contributed by atoms with Crippen LogP contribution in [0.4, 0.5) is 10.8 Å². The Balaban J connectivity index is 1.82. The van der Waals surface area contributed by atoms with Crippen molar-refractivity contribution in [2.45, 2.75) is 33.2 Å². The predicted molar refractivity (Wildman–Crippen MR) is 74.6 cm³/mol. The second-order valence-corrected chi connectivity index (χ2v) is 5.92. The molecule has 0 aromatic carbocycles. The molecule has 5 heteroatoms. The number of nitrogens with one attached hydrogen (secondary N) is 1. The Kier molecular flexibility index (Phi) is 3.89. The topological polar surface area (TPSA) is 54.2 Å². The Morgan fingerprint density at radius 3 is 2.88 bits per heavy atom. The third-order valence-corrected chi connectivity index (χ3v) is 4.48. The largest absolute Gasteiger partial charge is 0.383 e. The summed E-state index contributed by atoms with van der Waals surface area (Å²) in [6.45, 7) is 10.0. The molecule has 1 unspecified atom stereocenters. The van der Waals surface area contributed by atoms with Gasteiger partial charge in [0.1, 0.15) is 10.8 Å². The van der Waals surface area contributed by atoms with E-state index < -0.39 is 0 Å². The minimum absolute atomic E-state index is 0.660. The summed E-state index contributed by atoms with van der Waals surface area (Å²) in [5, 5.41) is 4.61. The van der Waals surface area contributed by atoms with E-state index in [1.165, 1.54) is 31.0 Å². The molecule has 1 aromatic rings. The maximum atomic E-state index is 5.74. The fourth-order valence-electron chi connectivity index (χ4n) is 2.25. The number of nitrogen functional groups attached to an aromatic ring is 1. The van der Waals surface area contributed by atoms with E-state index in [-0.39, 0.29) is 0 Å². The van der Waals surface area contributed by atoms with Gasteiger partial charge in [-0.15, -0.1) is 0 Å². The Bertz CT molecular complexity index is 375. The van der Waals surface area contributed by atoms with Crippen LogP contribution in [-0.4, -0.2) is 34.9 Å². The van der Waals surface area contributed by atoms with Crippen molar-refractivity contribution in [1.29, 1.82) is 0 Å². The average Bonchev–Trinajstić information content (AvgIpc) is 2.86. The summed E-state index contributed by atoms with van der Waals surface area (Å²) in [6.07, 6.45) is 1.29. The summed E-state index contributed by atoms with van der Waals surface area (Å²) in [6, 6.07) is 0.667. The maximum absolute atomic E-state index is 5.74. The molecule has 0 saturated carbocycles. The SMILES string of the molecule is Cc1c(N)nsc1NCC1CCN(C(C)C)C1. The van der Waals surface area contributed by atoms with Gasteiger partial charge in [0.15, 0.2) is 0 Å². The van der Waals surface area contributed by atoms with Gasteiger partial charge in [0, 0.05) is 24.7 Å². The molecule has 1 atom stereocenters. The zero-order valence-corrected chi connectivity index (χ0v) is 11.7. The standard InChI is InChI=1S/C12H22N4S/c1-8(2)16-5-4-10(7-16)6-14-12-9(3)11(13)15-17-12/h8,10,14H,4-7H2,1-3H3,(H2,13,15). The third kappa shape index (κ3) is 2.90. The van der Waals surface area contributed by atoms with Crippen LogP contribution in [0.1, 0.15) is 25.8 Å². The molecule has 1 aliphatic rings. The van der Waals surface area contributed by atoms with Crippen molar-refractivity contribution in [3.63, 3.8) is 0 Å². The van der Waals surface area contributed by atoms with Crippen molar-refractivity contribution in [3.05, 3.63) is 5.56 Å². The molecule has 0 radical (unpaired) electrons. The summed E-state index contributed by atoms with van der Waals surface area (Å²) >= 11 is 1.47. The van der Waals surface area contributed by atoms with Gasteiger partial charge in [-0.05, 0) is 51.2 Å². The summed E-state index contributed by atoms with van der Waals surface area (Å²) in [7, 11) is 0. The lowest BCUT2D eigenvalue weighted by molar-refractivity contribution is 0.266. The molecule has 0 aliphatic carbocycles. The minimum atomic E-state index is 0.660. The van der Waals surface area contributed by atoms with Crippen LogP contribution < -0.4 is 11.1 Å². The molecule has 0 spiro atoms. The van der Waals surface area contributed by atoms with Crippen molar-refractivity contribution in [2.24, 2.45) is 5.92 Å². The van der Waals surface area contributed by atoms with E-state index in [0.717, 1.165) is 23.0 Å². The van der Waals surface area contributed by atoms with Crippen molar-refractivity contribution >= 4 is 22.4 Å². The molecule has 17 heavy (non-hydrogen) atoms. The van der Waals surface area contributed by atoms with E-state index in [9.17, 15) is 0 Å². The van der Waals surface area contributed by atoms with E-state index in [4.69, 9.17) is 5.73 Å². The number of anilines is 2. The Morgan fingerprint density at radius 2 is 2.35 bits per heavy atom. The van der Waals surface area contributed by atoms with E-state index in [1.54, 1.807) is 0 Å². The summed E-state index contributed by atoms with van der Waals surface area (Å²) < 4.78 is 4.15. The Hall–Kier alpha value is -0.810. The first kappa shape index (κ1) is 12.6. The molecular formula is C12H22N4S. The number of nitrogens with two attached hydrogens (primary N) is 1. The lowest BCUT2D eigenvalue weighted by Gasteiger charge is -2.20. The molecule has 4 nitrogen and oxygen atoms in total. The second-order valence-electron chi connectivity index (χ2n) is 5.15. The van der Waals surface area contributed by atoms with Gasteiger partial charge in [-0.1, -0.05) is 0 Å². The van der Waals surface area contributed by atoms with Crippen LogP contribution in [-0.2, 0) is 0 Å². The van der Waals surface area contributed by atoms with Crippen LogP contribution in [0.3, 0.4) is 0 Å². The van der Waals surface area contributed by atoms with Crippen molar-refractivity contribution in [2.75, 3.05) is 30.7 Å². The molecule has 2 rings (SSSR count). The van der Waals surface area contributed by atoms with Gasteiger partial charge in [-0.3, -0.25) is 0 Å². The molecule has 1 aliphatic heterocycles. The highest BCUT2D eigenvalue weighted by molar-refractivity contribution is 7.10. The molecule has 0 amide bonds. The summed E-state index contributed by atoms with van der Waals surface area (Å²) in [5.74, 6) is 1.41. The number of hydrogen-bond donors (Lipinski definition) is 2. The second kappa shape index (κ2) is 5.23. The summed E-state index contributed by atoms with van der Waals surface area (Å²) in [5.41, 5.74) is 6.83. The number of likely N-dealkylation sites (tertiary alicyclic amines) is 1. The lowest BCUT2D eigenvalue weighted by Crippen LogP contribution is -2.29.